The molecule has 96 valence electrons. The van der Waals surface area contributed by atoms with Crippen LogP contribution in [0.2, 0.25) is 5.02 Å². The van der Waals surface area contributed by atoms with Crippen molar-refractivity contribution in [2.45, 2.75) is 13.9 Å². The van der Waals surface area contributed by atoms with Gasteiger partial charge in [0.25, 0.3) is 0 Å². The van der Waals surface area contributed by atoms with E-state index in [9.17, 15) is 0 Å². The summed E-state index contributed by atoms with van der Waals surface area (Å²) in [6.45, 7) is 0.541. The molecule has 2 rings (SSSR count). The highest BCUT2D eigenvalue weighted by molar-refractivity contribution is 8.03. The Morgan fingerprint density at radius 1 is 1.39 bits per heavy atom. The van der Waals surface area contributed by atoms with Crippen LogP contribution in [0.1, 0.15) is 10.8 Å². The van der Waals surface area contributed by atoms with Gasteiger partial charge < -0.3 is 5.73 Å². The molecular weight excluding hydrogens is 306 g/mol. The van der Waals surface area contributed by atoms with Gasteiger partial charge in [-0.15, -0.1) is 10.2 Å². The van der Waals surface area contributed by atoms with E-state index in [1.54, 1.807) is 34.9 Å². The van der Waals surface area contributed by atoms with Crippen molar-refractivity contribution in [3.05, 3.63) is 34.9 Å². The van der Waals surface area contributed by atoms with Crippen molar-refractivity contribution in [3.63, 3.8) is 0 Å². The van der Waals surface area contributed by atoms with E-state index in [0.29, 0.717) is 6.54 Å². The molecule has 1 atom stereocenters. The smallest absolute Gasteiger partial charge is 0.175 e. The van der Waals surface area contributed by atoms with Crippen molar-refractivity contribution >= 4 is 46.5 Å². The first kappa shape index (κ1) is 14.1. The molecule has 1 aromatic carbocycles. The van der Waals surface area contributed by atoms with Crippen LogP contribution in [0.5, 0.6) is 0 Å². The minimum atomic E-state index is 0.159. The normalized spacial score (nSPS) is 12.6. The van der Waals surface area contributed by atoms with E-state index >= 15 is 0 Å². The van der Waals surface area contributed by atoms with E-state index < -0.39 is 0 Å². The molecule has 0 spiro atoms. The summed E-state index contributed by atoms with van der Waals surface area (Å²) in [5, 5.41) is 9.11. The van der Waals surface area contributed by atoms with Crippen LogP contribution in [0.3, 0.4) is 0 Å². The van der Waals surface area contributed by atoms with E-state index in [1.165, 1.54) is 0 Å². The van der Waals surface area contributed by atoms with Gasteiger partial charge in [0.1, 0.15) is 0 Å². The molecule has 18 heavy (non-hydrogen) atoms. The lowest BCUT2D eigenvalue weighted by molar-refractivity contribution is 0.921. The van der Waals surface area contributed by atoms with Gasteiger partial charge in [-0.2, -0.15) is 0 Å². The maximum Gasteiger partial charge on any atom is 0.175 e. The van der Waals surface area contributed by atoms with Crippen LogP contribution < -0.4 is 5.73 Å². The van der Waals surface area contributed by atoms with Gasteiger partial charge in [-0.3, -0.25) is 0 Å². The summed E-state index contributed by atoms with van der Waals surface area (Å²) in [5.74, 6) is 0. The lowest BCUT2D eigenvalue weighted by Gasteiger charge is -2.12. The number of nitrogens with zero attached hydrogens (tertiary/aromatic N) is 2. The Morgan fingerprint density at radius 3 is 2.78 bits per heavy atom. The predicted octanol–water partition coefficient (Wildman–Crippen LogP) is 3.71. The summed E-state index contributed by atoms with van der Waals surface area (Å²) in [7, 11) is 0. The minimum absolute atomic E-state index is 0.159. The zero-order valence-corrected chi connectivity index (χ0v) is 12.9. The van der Waals surface area contributed by atoms with Crippen LogP contribution in [0.15, 0.2) is 32.9 Å². The number of nitrogens with two attached hydrogens (primary N) is 1. The molecule has 2 N–H and O–H groups in total. The summed E-state index contributed by atoms with van der Waals surface area (Å²) in [6, 6.07) is 7.78. The molecule has 0 radical (unpaired) electrons. The van der Waals surface area contributed by atoms with Crippen molar-refractivity contribution in [1.82, 2.24) is 10.2 Å². The number of hydrogen-bond donors (Lipinski definition) is 1. The molecule has 0 saturated carbocycles. The Morgan fingerprint density at radius 2 is 2.17 bits per heavy atom. The molecule has 1 heterocycles. The van der Waals surface area contributed by atoms with Crippen LogP contribution in [-0.4, -0.2) is 23.0 Å². The molecule has 2 aromatic rings. The number of hydrogen-bond acceptors (Lipinski definition) is 6. The number of halogens is 1. The fraction of sp³-hybridized carbons (Fsp3) is 0.273. The monoisotopic (exact) mass is 317 g/mol. The maximum absolute atomic E-state index is 6.00. The van der Waals surface area contributed by atoms with Gasteiger partial charge in [0.15, 0.2) is 8.68 Å². The fourth-order valence-electron chi connectivity index (χ4n) is 1.41. The van der Waals surface area contributed by atoms with Gasteiger partial charge in [0.2, 0.25) is 0 Å². The van der Waals surface area contributed by atoms with E-state index in [0.717, 1.165) is 19.3 Å². The van der Waals surface area contributed by atoms with Crippen LogP contribution >= 0.6 is 46.5 Å². The van der Waals surface area contributed by atoms with Gasteiger partial charge >= 0.3 is 0 Å². The van der Waals surface area contributed by atoms with Gasteiger partial charge in [-0.1, -0.05) is 58.6 Å². The Kier molecular flexibility index (Phi) is 5.32. The second kappa shape index (κ2) is 6.77. The lowest BCUT2D eigenvalue weighted by Crippen LogP contribution is -2.09. The molecule has 0 bridgehead atoms. The summed E-state index contributed by atoms with van der Waals surface area (Å²) >= 11 is 10.8. The zero-order chi connectivity index (χ0) is 13.0. The lowest BCUT2D eigenvalue weighted by atomic mass is 10.1. The topological polar surface area (TPSA) is 51.8 Å². The van der Waals surface area contributed by atoms with Gasteiger partial charge in [0, 0.05) is 16.8 Å². The molecule has 1 aromatic heterocycles. The second-order valence-electron chi connectivity index (χ2n) is 3.44. The van der Waals surface area contributed by atoms with Crippen LogP contribution in [0, 0.1) is 0 Å². The first-order chi connectivity index (χ1) is 8.72. The highest BCUT2D eigenvalue weighted by Crippen LogP contribution is 2.37. The summed E-state index contributed by atoms with van der Waals surface area (Å²) < 4.78 is 1.91. The SMILES string of the molecule is CSc1nnc(SC(CN)c2cccc(Cl)c2)s1. The van der Waals surface area contributed by atoms with E-state index in [2.05, 4.69) is 10.2 Å². The molecule has 0 saturated heterocycles. The number of benzene rings is 1. The van der Waals surface area contributed by atoms with Crippen LogP contribution in [0.25, 0.3) is 0 Å². The largest absolute Gasteiger partial charge is 0.329 e. The summed E-state index contributed by atoms with van der Waals surface area (Å²) in [4.78, 5) is 0. The molecule has 0 aliphatic rings. The second-order valence-corrected chi connectivity index (χ2v) is 7.35. The Balaban J connectivity index is 2.14. The average molecular weight is 318 g/mol. The molecule has 0 fully saturated rings. The van der Waals surface area contributed by atoms with Gasteiger partial charge in [-0.05, 0) is 24.0 Å². The van der Waals surface area contributed by atoms with Gasteiger partial charge in [-0.25, -0.2) is 0 Å². The first-order valence-electron chi connectivity index (χ1n) is 5.22. The molecule has 0 amide bonds. The highest BCUT2D eigenvalue weighted by atomic mass is 35.5. The zero-order valence-electron chi connectivity index (χ0n) is 9.67. The first-order valence-corrected chi connectivity index (χ1v) is 8.52. The molecule has 0 aliphatic heterocycles. The van der Waals surface area contributed by atoms with E-state index in [1.807, 2.05) is 30.5 Å². The van der Waals surface area contributed by atoms with Crippen molar-refractivity contribution in [3.8, 4) is 0 Å². The molecule has 0 aliphatic carbocycles. The number of thioether (sulfide) groups is 2. The predicted molar refractivity (Wildman–Crippen MR) is 80.8 cm³/mol. The maximum atomic E-state index is 6.00. The average Bonchev–Trinajstić information content (AvgIpc) is 2.83. The van der Waals surface area contributed by atoms with E-state index in [4.69, 9.17) is 17.3 Å². The summed E-state index contributed by atoms with van der Waals surface area (Å²) in [6.07, 6.45) is 1.99. The van der Waals surface area contributed by atoms with Crippen LogP contribution in [0.4, 0.5) is 0 Å². The third kappa shape index (κ3) is 3.61. The quantitative estimate of drug-likeness (QED) is 0.852. The Hall–Kier alpha value is -0.270. The number of aromatic nitrogens is 2. The third-order valence-electron chi connectivity index (χ3n) is 2.24. The standard InChI is InChI=1S/C11H12ClN3S3/c1-16-10-14-15-11(18-10)17-9(6-13)7-3-2-4-8(12)5-7/h2-5,9H,6,13H2,1H3. The van der Waals surface area contributed by atoms with E-state index in [-0.39, 0.29) is 5.25 Å². The van der Waals surface area contributed by atoms with Crippen molar-refractivity contribution in [2.24, 2.45) is 5.73 Å². The van der Waals surface area contributed by atoms with Gasteiger partial charge in [0.05, 0.1) is 0 Å². The third-order valence-corrected chi connectivity index (χ3v) is 5.74. The minimum Gasteiger partial charge on any atom is -0.329 e. The van der Waals surface area contributed by atoms with Crippen molar-refractivity contribution in [1.29, 1.82) is 0 Å². The van der Waals surface area contributed by atoms with Crippen molar-refractivity contribution < 1.29 is 0 Å². The molecule has 7 heteroatoms. The fourth-order valence-corrected chi connectivity index (χ4v) is 4.26. The molecule has 1 unspecified atom stereocenters. The Labute approximate surface area is 124 Å². The number of rotatable bonds is 5. The molecule has 3 nitrogen and oxygen atoms in total. The van der Waals surface area contributed by atoms with Crippen molar-refractivity contribution in [2.75, 3.05) is 12.8 Å². The molecular formula is C11H12ClN3S3. The van der Waals surface area contributed by atoms with Crippen LogP contribution in [-0.2, 0) is 0 Å². The summed E-state index contributed by atoms with van der Waals surface area (Å²) in [5.41, 5.74) is 6.95. The Bertz CT molecular complexity index is 518. The highest BCUT2D eigenvalue weighted by Gasteiger charge is 2.15.